The van der Waals surface area contributed by atoms with E-state index in [1.807, 2.05) is 7.05 Å². The van der Waals surface area contributed by atoms with Crippen LogP contribution < -0.4 is 10.1 Å². The Morgan fingerprint density at radius 2 is 2.22 bits per heavy atom. The SMILES string of the molecule is CCCC(Cc1cc(OC)ccc1[N+](=O)[O-])NC. The molecule has 5 heteroatoms. The minimum Gasteiger partial charge on any atom is -0.497 e. The minimum absolute atomic E-state index is 0.159. The lowest BCUT2D eigenvalue weighted by molar-refractivity contribution is -0.385. The first-order valence-electron chi connectivity index (χ1n) is 6.10. The normalized spacial score (nSPS) is 12.2. The number of hydrogen-bond acceptors (Lipinski definition) is 4. The molecule has 0 aliphatic carbocycles. The molecule has 0 saturated carbocycles. The number of benzene rings is 1. The molecule has 0 aliphatic rings. The highest BCUT2D eigenvalue weighted by atomic mass is 16.6. The number of nitrogens with one attached hydrogen (secondary N) is 1. The lowest BCUT2D eigenvalue weighted by atomic mass is 10.0. The summed E-state index contributed by atoms with van der Waals surface area (Å²) in [6.45, 7) is 2.10. The van der Waals surface area contributed by atoms with Crippen LogP contribution in [0.25, 0.3) is 0 Å². The molecule has 18 heavy (non-hydrogen) atoms. The van der Waals surface area contributed by atoms with Gasteiger partial charge in [-0.05, 0) is 32.0 Å². The molecule has 0 fully saturated rings. The molecule has 0 bridgehead atoms. The van der Waals surface area contributed by atoms with E-state index in [4.69, 9.17) is 4.74 Å². The summed E-state index contributed by atoms with van der Waals surface area (Å²) in [6.07, 6.45) is 2.67. The van der Waals surface area contributed by atoms with Crippen LogP contribution in [0.4, 0.5) is 5.69 Å². The largest absolute Gasteiger partial charge is 0.497 e. The number of nitro benzene ring substituents is 1. The molecule has 1 aromatic carbocycles. The fourth-order valence-corrected chi connectivity index (χ4v) is 1.99. The first-order chi connectivity index (χ1) is 8.62. The van der Waals surface area contributed by atoms with Crippen molar-refractivity contribution in [1.82, 2.24) is 5.32 Å². The van der Waals surface area contributed by atoms with E-state index in [9.17, 15) is 10.1 Å². The van der Waals surface area contributed by atoms with E-state index in [-0.39, 0.29) is 16.7 Å². The Morgan fingerprint density at radius 3 is 2.72 bits per heavy atom. The molecule has 1 rings (SSSR count). The zero-order valence-corrected chi connectivity index (χ0v) is 11.1. The average Bonchev–Trinajstić information content (AvgIpc) is 2.37. The quantitative estimate of drug-likeness (QED) is 0.598. The van der Waals surface area contributed by atoms with Gasteiger partial charge in [0, 0.05) is 17.7 Å². The number of rotatable bonds is 7. The summed E-state index contributed by atoms with van der Waals surface area (Å²) in [5.74, 6) is 0.655. The maximum absolute atomic E-state index is 11.0. The predicted molar refractivity (Wildman–Crippen MR) is 71.1 cm³/mol. The molecule has 100 valence electrons. The van der Waals surface area contributed by atoms with Crippen molar-refractivity contribution in [2.24, 2.45) is 0 Å². The zero-order valence-electron chi connectivity index (χ0n) is 11.1. The smallest absolute Gasteiger partial charge is 0.272 e. The molecule has 0 amide bonds. The Kier molecular flexibility index (Phi) is 5.58. The fraction of sp³-hybridized carbons (Fsp3) is 0.538. The van der Waals surface area contributed by atoms with Crippen molar-refractivity contribution in [1.29, 1.82) is 0 Å². The fourth-order valence-electron chi connectivity index (χ4n) is 1.99. The van der Waals surface area contributed by atoms with Gasteiger partial charge in [0.25, 0.3) is 5.69 Å². The van der Waals surface area contributed by atoms with Crippen molar-refractivity contribution in [2.45, 2.75) is 32.2 Å². The first kappa shape index (κ1) is 14.4. The van der Waals surface area contributed by atoms with E-state index in [0.29, 0.717) is 17.7 Å². The molecule has 1 aromatic rings. The van der Waals surface area contributed by atoms with Crippen LogP contribution in [0.5, 0.6) is 5.75 Å². The first-order valence-corrected chi connectivity index (χ1v) is 6.10. The zero-order chi connectivity index (χ0) is 13.5. The standard InChI is InChI=1S/C13H20N2O3/c1-4-5-11(14-2)8-10-9-12(18-3)6-7-13(10)15(16)17/h6-7,9,11,14H,4-5,8H2,1-3H3. The highest BCUT2D eigenvalue weighted by Crippen LogP contribution is 2.25. The third-order valence-electron chi connectivity index (χ3n) is 3.00. The van der Waals surface area contributed by atoms with E-state index >= 15 is 0 Å². The van der Waals surface area contributed by atoms with Crippen molar-refractivity contribution in [3.63, 3.8) is 0 Å². The van der Waals surface area contributed by atoms with E-state index in [0.717, 1.165) is 12.8 Å². The maximum Gasteiger partial charge on any atom is 0.272 e. The summed E-state index contributed by atoms with van der Waals surface area (Å²) < 4.78 is 5.12. The molecule has 0 heterocycles. The molecule has 0 aliphatic heterocycles. The van der Waals surface area contributed by atoms with Crippen molar-refractivity contribution < 1.29 is 9.66 Å². The summed E-state index contributed by atoms with van der Waals surface area (Å²) in [5.41, 5.74) is 0.874. The highest BCUT2D eigenvalue weighted by Gasteiger charge is 2.17. The number of ether oxygens (including phenoxy) is 1. The Morgan fingerprint density at radius 1 is 1.50 bits per heavy atom. The van der Waals surface area contributed by atoms with Gasteiger partial charge in [-0.3, -0.25) is 10.1 Å². The van der Waals surface area contributed by atoms with Gasteiger partial charge in [0.05, 0.1) is 12.0 Å². The summed E-state index contributed by atoms with van der Waals surface area (Å²) in [7, 11) is 3.44. The maximum atomic E-state index is 11.0. The van der Waals surface area contributed by atoms with Crippen molar-refractivity contribution in [2.75, 3.05) is 14.2 Å². The Hall–Kier alpha value is -1.62. The van der Waals surface area contributed by atoms with Crippen molar-refractivity contribution in [3.8, 4) is 5.75 Å². The van der Waals surface area contributed by atoms with Crippen LogP contribution in [0.15, 0.2) is 18.2 Å². The van der Waals surface area contributed by atoms with Crippen molar-refractivity contribution in [3.05, 3.63) is 33.9 Å². The molecular formula is C13H20N2O3. The number of hydrogen-bond donors (Lipinski definition) is 1. The molecule has 5 nitrogen and oxygen atoms in total. The number of likely N-dealkylation sites (N-methyl/N-ethyl adjacent to an activating group) is 1. The molecule has 1 N–H and O–H groups in total. The second kappa shape index (κ2) is 6.96. The van der Waals surface area contributed by atoms with Gasteiger partial charge >= 0.3 is 0 Å². The molecule has 1 atom stereocenters. The summed E-state index contributed by atoms with van der Waals surface area (Å²) in [5, 5.41) is 14.2. The van der Waals surface area contributed by atoms with Gasteiger partial charge in [-0.1, -0.05) is 13.3 Å². The highest BCUT2D eigenvalue weighted by molar-refractivity contribution is 5.45. The molecule has 0 saturated heterocycles. The number of nitrogens with zero attached hydrogens (tertiary/aromatic N) is 1. The van der Waals surface area contributed by atoms with Crippen LogP contribution in [-0.4, -0.2) is 25.1 Å². The van der Waals surface area contributed by atoms with E-state index < -0.39 is 0 Å². The molecule has 0 aromatic heterocycles. The third-order valence-corrected chi connectivity index (χ3v) is 3.00. The van der Waals surface area contributed by atoms with Crippen LogP contribution in [0, 0.1) is 10.1 Å². The molecule has 0 radical (unpaired) electrons. The second-order valence-corrected chi connectivity index (χ2v) is 4.23. The Balaban J connectivity index is 2.99. The molecular weight excluding hydrogens is 232 g/mol. The lowest BCUT2D eigenvalue weighted by Crippen LogP contribution is -2.27. The van der Waals surface area contributed by atoms with E-state index in [2.05, 4.69) is 12.2 Å². The Bertz CT molecular complexity index is 407. The molecule has 0 spiro atoms. The van der Waals surface area contributed by atoms with Gasteiger partial charge in [0.15, 0.2) is 0 Å². The topological polar surface area (TPSA) is 64.4 Å². The second-order valence-electron chi connectivity index (χ2n) is 4.23. The average molecular weight is 252 g/mol. The number of methoxy groups -OCH3 is 1. The monoisotopic (exact) mass is 252 g/mol. The predicted octanol–water partition coefficient (Wildman–Crippen LogP) is 2.53. The van der Waals surface area contributed by atoms with Gasteiger partial charge in [0.1, 0.15) is 5.75 Å². The van der Waals surface area contributed by atoms with Crippen LogP contribution in [0.1, 0.15) is 25.3 Å². The van der Waals surface area contributed by atoms with Crippen LogP contribution in [0.3, 0.4) is 0 Å². The minimum atomic E-state index is -0.340. The summed E-state index contributed by atoms with van der Waals surface area (Å²) in [4.78, 5) is 10.7. The van der Waals surface area contributed by atoms with E-state index in [1.165, 1.54) is 6.07 Å². The lowest BCUT2D eigenvalue weighted by Gasteiger charge is -2.15. The van der Waals surface area contributed by atoms with Gasteiger partial charge in [0.2, 0.25) is 0 Å². The summed E-state index contributed by atoms with van der Waals surface area (Å²) >= 11 is 0. The van der Waals surface area contributed by atoms with Crippen LogP contribution >= 0.6 is 0 Å². The van der Waals surface area contributed by atoms with Crippen LogP contribution in [-0.2, 0) is 6.42 Å². The van der Waals surface area contributed by atoms with Gasteiger partial charge in [-0.15, -0.1) is 0 Å². The van der Waals surface area contributed by atoms with Gasteiger partial charge in [-0.2, -0.15) is 0 Å². The number of nitro groups is 1. The summed E-state index contributed by atoms with van der Waals surface area (Å²) in [6, 6.07) is 5.13. The molecule has 1 unspecified atom stereocenters. The van der Waals surface area contributed by atoms with Gasteiger partial charge in [-0.25, -0.2) is 0 Å². The van der Waals surface area contributed by atoms with E-state index in [1.54, 1.807) is 19.2 Å². The van der Waals surface area contributed by atoms with Crippen LogP contribution in [0.2, 0.25) is 0 Å². The third kappa shape index (κ3) is 3.70. The van der Waals surface area contributed by atoms with Gasteiger partial charge < -0.3 is 10.1 Å². The Labute approximate surface area is 107 Å². The van der Waals surface area contributed by atoms with Crippen molar-refractivity contribution >= 4 is 5.69 Å².